The molecule has 1 amide bonds. The third-order valence-corrected chi connectivity index (χ3v) is 6.69. The minimum atomic E-state index is -3.72. The van der Waals surface area contributed by atoms with Crippen LogP contribution in [0.2, 0.25) is 0 Å². The van der Waals surface area contributed by atoms with Gasteiger partial charge in [0, 0.05) is 30.6 Å². The highest BCUT2D eigenvalue weighted by Gasteiger charge is 2.36. The van der Waals surface area contributed by atoms with Crippen molar-refractivity contribution in [3.05, 3.63) is 54.1 Å². The third kappa shape index (κ3) is 3.64. The number of anilines is 1. The molecule has 1 unspecified atom stereocenters. The number of rotatable bonds is 4. The molecular formula is C21H24N2O4S. The van der Waals surface area contributed by atoms with Crippen molar-refractivity contribution in [3.63, 3.8) is 0 Å². The van der Waals surface area contributed by atoms with Crippen LogP contribution in [-0.2, 0) is 14.8 Å². The molecule has 0 spiro atoms. The number of carbonyl (C=O) groups excluding carboxylic acids is 1. The Morgan fingerprint density at radius 1 is 1.11 bits per heavy atom. The largest absolute Gasteiger partial charge is 0.487 e. The van der Waals surface area contributed by atoms with E-state index in [4.69, 9.17) is 4.74 Å². The molecule has 1 saturated heterocycles. The predicted octanol–water partition coefficient (Wildman–Crippen LogP) is 3.39. The predicted molar refractivity (Wildman–Crippen MR) is 107 cm³/mol. The first-order chi connectivity index (χ1) is 13.3. The normalized spacial score (nSPS) is 21.3. The molecule has 2 heterocycles. The molecule has 4 rings (SSSR count). The summed E-state index contributed by atoms with van der Waals surface area (Å²) in [5.74, 6) is 0.782. The van der Waals surface area contributed by atoms with Gasteiger partial charge in [-0.25, -0.2) is 13.1 Å². The average Bonchev–Trinajstić information content (AvgIpc) is 3.06. The van der Waals surface area contributed by atoms with E-state index in [1.54, 1.807) is 29.2 Å². The SMILES string of the molecule is CC1(C)CC(NS(=O)(=O)c2ccc(N3CCCC3=O)cc2)c2ccccc2O1. The first-order valence-electron chi connectivity index (χ1n) is 9.46. The fraction of sp³-hybridized carbons (Fsp3) is 0.381. The fourth-order valence-corrected chi connectivity index (χ4v) is 5.10. The maximum Gasteiger partial charge on any atom is 0.241 e. The van der Waals surface area contributed by atoms with Crippen LogP contribution in [0.5, 0.6) is 5.75 Å². The second-order valence-electron chi connectivity index (χ2n) is 7.92. The standard InChI is InChI=1S/C21H24N2O4S/c1-21(2)14-18(17-6-3-4-7-19(17)27-21)22-28(25,26)16-11-9-15(10-12-16)23-13-5-8-20(23)24/h3-4,6-7,9-12,18,22H,5,8,13-14H2,1-2H3. The molecule has 148 valence electrons. The molecule has 28 heavy (non-hydrogen) atoms. The number of sulfonamides is 1. The summed E-state index contributed by atoms with van der Waals surface area (Å²) in [4.78, 5) is 13.8. The first kappa shape index (κ1) is 19.0. The van der Waals surface area contributed by atoms with Gasteiger partial charge in [-0.2, -0.15) is 0 Å². The summed E-state index contributed by atoms with van der Waals surface area (Å²) in [6.45, 7) is 4.58. The Morgan fingerprint density at radius 2 is 1.82 bits per heavy atom. The summed E-state index contributed by atoms with van der Waals surface area (Å²) in [5, 5.41) is 0. The lowest BCUT2D eigenvalue weighted by molar-refractivity contribution is -0.117. The Labute approximate surface area is 165 Å². The highest BCUT2D eigenvalue weighted by Crippen LogP contribution is 2.40. The molecule has 0 aliphatic carbocycles. The summed E-state index contributed by atoms with van der Waals surface area (Å²) in [7, 11) is -3.72. The van der Waals surface area contributed by atoms with E-state index in [0.717, 1.165) is 17.7 Å². The number of hydrogen-bond acceptors (Lipinski definition) is 4. The number of nitrogens with one attached hydrogen (secondary N) is 1. The average molecular weight is 401 g/mol. The van der Waals surface area contributed by atoms with E-state index in [1.165, 1.54) is 0 Å². The molecular weight excluding hydrogens is 376 g/mol. The Morgan fingerprint density at radius 3 is 2.50 bits per heavy atom. The van der Waals surface area contributed by atoms with Crippen LogP contribution < -0.4 is 14.4 Å². The second kappa shape index (κ2) is 6.90. The monoisotopic (exact) mass is 400 g/mol. The van der Waals surface area contributed by atoms with Crippen LogP contribution in [0.1, 0.15) is 44.7 Å². The minimum Gasteiger partial charge on any atom is -0.487 e. The molecule has 0 bridgehead atoms. The van der Waals surface area contributed by atoms with Crippen molar-refractivity contribution in [3.8, 4) is 5.75 Å². The van der Waals surface area contributed by atoms with Gasteiger partial charge in [0.15, 0.2) is 0 Å². The van der Waals surface area contributed by atoms with Gasteiger partial charge in [-0.15, -0.1) is 0 Å². The van der Waals surface area contributed by atoms with Crippen molar-refractivity contribution in [2.24, 2.45) is 0 Å². The first-order valence-corrected chi connectivity index (χ1v) is 10.9. The van der Waals surface area contributed by atoms with Crippen LogP contribution >= 0.6 is 0 Å². The zero-order valence-electron chi connectivity index (χ0n) is 16.0. The van der Waals surface area contributed by atoms with Crippen molar-refractivity contribution < 1.29 is 17.9 Å². The van der Waals surface area contributed by atoms with Gasteiger partial charge < -0.3 is 9.64 Å². The number of para-hydroxylation sites is 1. The number of fused-ring (bicyclic) bond motifs is 1. The number of carbonyl (C=O) groups is 1. The molecule has 1 atom stereocenters. The van der Waals surface area contributed by atoms with Crippen LogP contribution in [0.25, 0.3) is 0 Å². The van der Waals surface area contributed by atoms with Crippen LogP contribution in [0.3, 0.4) is 0 Å². The van der Waals surface area contributed by atoms with Crippen molar-refractivity contribution in [2.45, 2.75) is 49.6 Å². The molecule has 2 aromatic rings. The Bertz CT molecular complexity index is 999. The van der Waals surface area contributed by atoms with Crippen LogP contribution in [-0.4, -0.2) is 26.5 Å². The van der Waals surface area contributed by atoms with Crippen molar-refractivity contribution >= 4 is 21.6 Å². The highest BCUT2D eigenvalue weighted by molar-refractivity contribution is 7.89. The molecule has 0 aromatic heterocycles. The lowest BCUT2D eigenvalue weighted by Crippen LogP contribution is -2.41. The topological polar surface area (TPSA) is 75.7 Å². The molecule has 1 fully saturated rings. The molecule has 0 saturated carbocycles. The van der Waals surface area contributed by atoms with E-state index in [1.807, 2.05) is 38.1 Å². The minimum absolute atomic E-state index is 0.0785. The Hall–Kier alpha value is -2.38. The van der Waals surface area contributed by atoms with E-state index in [9.17, 15) is 13.2 Å². The summed E-state index contributed by atoms with van der Waals surface area (Å²) in [5.41, 5.74) is 1.10. The van der Waals surface area contributed by atoms with E-state index in [2.05, 4.69) is 4.72 Å². The summed E-state index contributed by atoms with van der Waals surface area (Å²) >= 11 is 0. The molecule has 2 aromatic carbocycles. The molecule has 2 aliphatic rings. The lowest BCUT2D eigenvalue weighted by atomic mass is 9.90. The molecule has 2 aliphatic heterocycles. The number of hydrogen-bond donors (Lipinski definition) is 1. The maximum atomic E-state index is 13.0. The quantitative estimate of drug-likeness (QED) is 0.854. The zero-order valence-corrected chi connectivity index (χ0v) is 16.8. The maximum absolute atomic E-state index is 13.0. The number of amides is 1. The zero-order chi connectivity index (χ0) is 19.9. The van der Waals surface area contributed by atoms with E-state index >= 15 is 0 Å². The molecule has 6 nitrogen and oxygen atoms in total. The summed E-state index contributed by atoms with van der Waals surface area (Å²) in [6, 6.07) is 13.6. The van der Waals surface area contributed by atoms with Crippen molar-refractivity contribution in [1.82, 2.24) is 4.72 Å². The number of ether oxygens (including phenoxy) is 1. The van der Waals surface area contributed by atoms with Crippen LogP contribution in [0.15, 0.2) is 53.4 Å². The summed E-state index contributed by atoms with van der Waals surface area (Å²) in [6.07, 6.45) is 1.91. The number of benzene rings is 2. The smallest absolute Gasteiger partial charge is 0.241 e. The molecule has 0 radical (unpaired) electrons. The van der Waals surface area contributed by atoms with Gasteiger partial charge in [0.2, 0.25) is 15.9 Å². The van der Waals surface area contributed by atoms with Crippen LogP contribution in [0, 0.1) is 0 Å². The van der Waals surface area contributed by atoms with Gasteiger partial charge >= 0.3 is 0 Å². The summed E-state index contributed by atoms with van der Waals surface area (Å²) < 4.78 is 34.8. The Balaban J connectivity index is 1.58. The fourth-order valence-electron chi connectivity index (χ4n) is 3.89. The number of nitrogens with zero attached hydrogens (tertiary/aromatic N) is 1. The van der Waals surface area contributed by atoms with Gasteiger partial charge in [-0.3, -0.25) is 4.79 Å². The van der Waals surface area contributed by atoms with Gasteiger partial charge in [0.05, 0.1) is 10.9 Å². The van der Waals surface area contributed by atoms with Crippen LogP contribution in [0.4, 0.5) is 5.69 Å². The van der Waals surface area contributed by atoms with Gasteiger partial charge in [-0.1, -0.05) is 18.2 Å². The highest BCUT2D eigenvalue weighted by atomic mass is 32.2. The van der Waals surface area contributed by atoms with E-state index < -0.39 is 15.6 Å². The van der Waals surface area contributed by atoms with Gasteiger partial charge in [0.1, 0.15) is 11.4 Å². The second-order valence-corrected chi connectivity index (χ2v) is 9.63. The van der Waals surface area contributed by atoms with E-state index in [0.29, 0.717) is 25.1 Å². The van der Waals surface area contributed by atoms with Crippen molar-refractivity contribution in [1.29, 1.82) is 0 Å². The van der Waals surface area contributed by atoms with Crippen molar-refractivity contribution in [2.75, 3.05) is 11.4 Å². The lowest BCUT2D eigenvalue weighted by Gasteiger charge is -2.37. The Kier molecular flexibility index (Phi) is 4.67. The van der Waals surface area contributed by atoms with Gasteiger partial charge in [-0.05, 0) is 50.6 Å². The third-order valence-electron chi connectivity index (χ3n) is 5.21. The van der Waals surface area contributed by atoms with Gasteiger partial charge in [0.25, 0.3) is 0 Å². The molecule has 7 heteroatoms. The molecule has 1 N–H and O–H groups in total. The van der Waals surface area contributed by atoms with E-state index in [-0.39, 0.29) is 16.8 Å².